The summed E-state index contributed by atoms with van der Waals surface area (Å²) in [5.74, 6) is -0.262. The highest BCUT2D eigenvalue weighted by Crippen LogP contribution is 2.36. The summed E-state index contributed by atoms with van der Waals surface area (Å²) in [6.45, 7) is 9.52. The van der Waals surface area contributed by atoms with Crippen LogP contribution in [0.5, 0.6) is 0 Å². The number of benzene rings is 2. The lowest BCUT2D eigenvalue weighted by atomic mass is 10.1. The minimum absolute atomic E-state index is 0.118. The molecule has 2 amide bonds. The molecule has 0 aromatic heterocycles. The zero-order chi connectivity index (χ0) is 21.1. The van der Waals surface area contributed by atoms with Gasteiger partial charge >= 0.3 is 0 Å². The van der Waals surface area contributed by atoms with Gasteiger partial charge in [-0.25, -0.2) is 0 Å². The first-order valence-electron chi connectivity index (χ1n) is 10.5. The number of carbonyl (C=O) groups is 2. The van der Waals surface area contributed by atoms with Gasteiger partial charge in [0, 0.05) is 48.9 Å². The van der Waals surface area contributed by atoms with Crippen molar-refractivity contribution in [2.24, 2.45) is 0 Å². The van der Waals surface area contributed by atoms with Crippen molar-refractivity contribution in [2.75, 3.05) is 48.3 Å². The topological polar surface area (TPSA) is 64.7 Å². The van der Waals surface area contributed by atoms with Crippen molar-refractivity contribution < 1.29 is 9.59 Å². The van der Waals surface area contributed by atoms with E-state index in [4.69, 9.17) is 0 Å². The summed E-state index contributed by atoms with van der Waals surface area (Å²) in [5.41, 5.74) is 3.85. The normalized spacial score (nSPS) is 19.2. The SMILES string of the molecule is CCN1CCN(c2ccc(NC(=O)CC3Sc4ccccc4NC3=O)c(C)c2)CC1. The van der Waals surface area contributed by atoms with Gasteiger partial charge in [-0.05, 0) is 49.4 Å². The molecular formula is C23H28N4O2S. The lowest BCUT2D eigenvalue weighted by Crippen LogP contribution is -2.46. The standard InChI is InChI=1S/C23H28N4O2S/c1-3-26-10-12-27(13-11-26)17-8-9-18(16(2)14-17)24-22(28)15-21-23(29)25-19-6-4-5-7-20(19)30-21/h4-9,14,21H,3,10-13,15H2,1-2H3,(H,24,28)(H,25,29). The molecule has 2 aromatic rings. The number of amides is 2. The fourth-order valence-electron chi connectivity index (χ4n) is 3.90. The molecule has 1 saturated heterocycles. The molecule has 2 aromatic carbocycles. The number of nitrogens with one attached hydrogen (secondary N) is 2. The van der Waals surface area contributed by atoms with E-state index < -0.39 is 5.25 Å². The number of rotatable bonds is 5. The van der Waals surface area contributed by atoms with Gasteiger partial charge < -0.3 is 20.4 Å². The van der Waals surface area contributed by atoms with Crippen LogP contribution in [0, 0.1) is 6.92 Å². The number of hydrogen-bond acceptors (Lipinski definition) is 5. The van der Waals surface area contributed by atoms with E-state index >= 15 is 0 Å². The number of para-hydroxylation sites is 1. The van der Waals surface area contributed by atoms with Crippen molar-refractivity contribution in [3.8, 4) is 0 Å². The van der Waals surface area contributed by atoms with E-state index in [0.717, 1.165) is 54.6 Å². The van der Waals surface area contributed by atoms with E-state index in [9.17, 15) is 9.59 Å². The molecule has 0 spiro atoms. The van der Waals surface area contributed by atoms with E-state index in [0.29, 0.717) is 0 Å². The van der Waals surface area contributed by atoms with Crippen molar-refractivity contribution in [3.63, 3.8) is 0 Å². The molecule has 4 rings (SSSR count). The molecule has 158 valence electrons. The van der Waals surface area contributed by atoms with Crippen molar-refractivity contribution >= 4 is 40.6 Å². The Morgan fingerprint density at radius 1 is 1.17 bits per heavy atom. The summed E-state index contributed by atoms with van der Waals surface area (Å²) in [4.78, 5) is 30.8. The van der Waals surface area contributed by atoms with Crippen LogP contribution in [0.1, 0.15) is 18.9 Å². The third-order valence-corrected chi connectivity index (χ3v) is 7.02. The van der Waals surface area contributed by atoms with Gasteiger partial charge in [0.25, 0.3) is 0 Å². The number of aryl methyl sites for hydroxylation is 1. The number of thioether (sulfide) groups is 1. The Balaban J connectivity index is 1.36. The maximum atomic E-state index is 12.6. The molecule has 0 aliphatic carbocycles. The molecule has 2 N–H and O–H groups in total. The van der Waals surface area contributed by atoms with Crippen molar-refractivity contribution in [3.05, 3.63) is 48.0 Å². The first kappa shape index (κ1) is 20.8. The Kier molecular flexibility index (Phi) is 6.29. The van der Waals surface area contributed by atoms with Gasteiger partial charge in [0.15, 0.2) is 0 Å². The second kappa shape index (κ2) is 9.10. The van der Waals surface area contributed by atoms with Crippen LogP contribution in [-0.4, -0.2) is 54.7 Å². The predicted molar refractivity (Wildman–Crippen MR) is 123 cm³/mol. The Hall–Kier alpha value is -2.51. The second-order valence-corrected chi connectivity index (χ2v) is 9.01. The molecule has 7 heteroatoms. The minimum Gasteiger partial charge on any atom is -0.369 e. The van der Waals surface area contributed by atoms with Crippen molar-refractivity contribution in [1.29, 1.82) is 0 Å². The number of nitrogens with zero attached hydrogens (tertiary/aromatic N) is 2. The summed E-state index contributed by atoms with van der Waals surface area (Å²) >= 11 is 1.45. The Morgan fingerprint density at radius 2 is 1.93 bits per heavy atom. The van der Waals surface area contributed by atoms with Crippen LogP contribution in [0.15, 0.2) is 47.4 Å². The molecule has 2 aliphatic rings. The summed E-state index contributed by atoms with van der Waals surface area (Å²) in [6.07, 6.45) is 0.144. The maximum absolute atomic E-state index is 12.6. The lowest BCUT2D eigenvalue weighted by Gasteiger charge is -2.35. The number of likely N-dealkylation sites (N-methyl/N-ethyl adjacent to an activating group) is 1. The first-order chi connectivity index (χ1) is 14.5. The molecule has 2 aliphatic heterocycles. The Labute approximate surface area is 182 Å². The van der Waals surface area contributed by atoms with Gasteiger partial charge in [0.1, 0.15) is 0 Å². The largest absolute Gasteiger partial charge is 0.369 e. The van der Waals surface area contributed by atoms with Gasteiger partial charge in [0.2, 0.25) is 11.8 Å². The first-order valence-corrected chi connectivity index (χ1v) is 11.4. The van der Waals surface area contributed by atoms with Gasteiger partial charge in [-0.15, -0.1) is 11.8 Å². The fourth-order valence-corrected chi connectivity index (χ4v) is 5.01. The fraction of sp³-hybridized carbons (Fsp3) is 0.391. The summed E-state index contributed by atoms with van der Waals surface area (Å²) in [7, 11) is 0. The number of carbonyl (C=O) groups excluding carboxylic acids is 2. The molecule has 1 fully saturated rings. The zero-order valence-corrected chi connectivity index (χ0v) is 18.3. The highest BCUT2D eigenvalue weighted by molar-refractivity contribution is 8.01. The Bertz CT molecular complexity index is 941. The highest BCUT2D eigenvalue weighted by atomic mass is 32.2. The van der Waals surface area contributed by atoms with Gasteiger partial charge in [-0.2, -0.15) is 0 Å². The van der Waals surface area contributed by atoms with Crippen LogP contribution in [0.2, 0.25) is 0 Å². The molecule has 1 atom stereocenters. The van der Waals surface area contributed by atoms with Crippen molar-refractivity contribution in [1.82, 2.24) is 4.90 Å². The average molecular weight is 425 g/mol. The monoisotopic (exact) mass is 424 g/mol. The molecule has 0 radical (unpaired) electrons. The van der Waals surface area contributed by atoms with Crippen LogP contribution in [0.25, 0.3) is 0 Å². The molecule has 1 unspecified atom stereocenters. The number of anilines is 3. The van der Waals surface area contributed by atoms with Gasteiger partial charge in [-0.1, -0.05) is 19.1 Å². The third kappa shape index (κ3) is 4.63. The van der Waals surface area contributed by atoms with E-state index in [1.807, 2.05) is 37.3 Å². The molecular weight excluding hydrogens is 396 g/mol. The van der Waals surface area contributed by atoms with Crippen LogP contribution in [0.4, 0.5) is 17.1 Å². The summed E-state index contributed by atoms with van der Waals surface area (Å²) in [5, 5.41) is 5.46. The molecule has 0 bridgehead atoms. The maximum Gasteiger partial charge on any atom is 0.238 e. The molecule has 6 nitrogen and oxygen atoms in total. The minimum atomic E-state index is -0.422. The van der Waals surface area contributed by atoms with Crippen LogP contribution in [-0.2, 0) is 9.59 Å². The van der Waals surface area contributed by atoms with Crippen molar-refractivity contribution in [2.45, 2.75) is 30.4 Å². The number of hydrogen-bond donors (Lipinski definition) is 2. The lowest BCUT2D eigenvalue weighted by molar-refractivity contribution is -0.120. The van der Waals surface area contributed by atoms with E-state index in [-0.39, 0.29) is 18.2 Å². The van der Waals surface area contributed by atoms with Crippen LogP contribution in [0.3, 0.4) is 0 Å². The van der Waals surface area contributed by atoms with Crippen LogP contribution < -0.4 is 15.5 Å². The predicted octanol–water partition coefficient (Wildman–Crippen LogP) is 3.58. The van der Waals surface area contributed by atoms with E-state index in [2.05, 4.69) is 39.5 Å². The second-order valence-electron chi connectivity index (χ2n) is 7.76. The number of fused-ring (bicyclic) bond motifs is 1. The smallest absolute Gasteiger partial charge is 0.238 e. The third-order valence-electron chi connectivity index (χ3n) is 5.75. The molecule has 2 heterocycles. The van der Waals surface area contributed by atoms with E-state index in [1.54, 1.807) is 0 Å². The molecule has 0 saturated carbocycles. The molecule has 30 heavy (non-hydrogen) atoms. The Morgan fingerprint density at radius 3 is 2.67 bits per heavy atom. The van der Waals surface area contributed by atoms with Gasteiger partial charge in [0.05, 0.1) is 10.9 Å². The van der Waals surface area contributed by atoms with Gasteiger partial charge in [-0.3, -0.25) is 9.59 Å². The number of piperazine rings is 1. The highest BCUT2D eigenvalue weighted by Gasteiger charge is 2.29. The summed E-state index contributed by atoms with van der Waals surface area (Å²) in [6, 6.07) is 13.9. The zero-order valence-electron chi connectivity index (χ0n) is 17.5. The summed E-state index contributed by atoms with van der Waals surface area (Å²) < 4.78 is 0. The van der Waals surface area contributed by atoms with E-state index in [1.165, 1.54) is 17.4 Å². The quantitative estimate of drug-likeness (QED) is 0.768. The van der Waals surface area contributed by atoms with Crippen LogP contribution >= 0.6 is 11.8 Å². The average Bonchev–Trinajstić information content (AvgIpc) is 2.76.